The van der Waals surface area contributed by atoms with Gasteiger partial charge in [0.1, 0.15) is 0 Å². The standard InChI is InChI=1S/C18H20BrNO/c1-12-9-13(19)11-14(10-12)20-17(21)15-7-5-6-8-16(15)18(2,3)4/h5-11H,1-4H3,(H,20,21). The minimum Gasteiger partial charge on any atom is -0.322 e. The van der Waals surface area contributed by atoms with E-state index in [9.17, 15) is 4.79 Å². The van der Waals surface area contributed by atoms with Gasteiger partial charge >= 0.3 is 0 Å². The van der Waals surface area contributed by atoms with Gasteiger partial charge in [0.15, 0.2) is 0 Å². The number of anilines is 1. The summed E-state index contributed by atoms with van der Waals surface area (Å²) in [6, 6.07) is 13.6. The number of carbonyl (C=O) groups excluding carboxylic acids is 1. The van der Waals surface area contributed by atoms with E-state index in [2.05, 4.69) is 42.0 Å². The summed E-state index contributed by atoms with van der Waals surface area (Å²) in [7, 11) is 0. The molecular weight excluding hydrogens is 326 g/mol. The van der Waals surface area contributed by atoms with Gasteiger partial charge in [-0.15, -0.1) is 0 Å². The molecule has 0 heterocycles. The Bertz CT molecular complexity index is 651. The quantitative estimate of drug-likeness (QED) is 0.785. The zero-order valence-corrected chi connectivity index (χ0v) is 14.4. The number of benzene rings is 2. The van der Waals surface area contributed by atoms with Crippen LogP contribution in [0.2, 0.25) is 0 Å². The molecule has 0 unspecified atom stereocenters. The monoisotopic (exact) mass is 345 g/mol. The molecule has 0 saturated heterocycles. The Labute approximate surface area is 134 Å². The van der Waals surface area contributed by atoms with Gasteiger partial charge in [-0.25, -0.2) is 0 Å². The molecule has 0 radical (unpaired) electrons. The number of hydrogen-bond donors (Lipinski definition) is 1. The minimum absolute atomic E-state index is 0.0683. The maximum absolute atomic E-state index is 12.6. The first-order chi connectivity index (χ1) is 9.77. The lowest BCUT2D eigenvalue weighted by Crippen LogP contribution is -2.20. The third kappa shape index (κ3) is 3.94. The lowest BCUT2D eigenvalue weighted by atomic mass is 9.83. The van der Waals surface area contributed by atoms with Crippen molar-refractivity contribution in [3.8, 4) is 0 Å². The highest BCUT2D eigenvalue weighted by Crippen LogP contribution is 2.27. The average Bonchev–Trinajstić information content (AvgIpc) is 2.36. The van der Waals surface area contributed by atoms with E-state index in [1.165, 1.54) is 0 Å². The average molecular weight is 346 g/mol. The van der Waals surface area contributed by atoms with Crippen LogP contribution in [0.1, 0.15) is 42.3 Å². The van der Waals surface area contributed by atoms with Crippen LogP contribution < -0.4 is 5.32 Å². The summed E-state index contributed by atoms with van der Waals surface area (Å²) in [5, 5.41) is 2.98. The first-order valence-corrected chi connectivity index (χ1v) is 7.75. The number of halogens is 1. The van der Waals surface area contributed by atoms with Gasteiger partial charge in [-0.05, 0) is 47.7 Å². The Morgan fingerprint density at radius 3 is 2.38 bits per heavy atom. The van der Waals surface area contributed by atoms with Crippen molar-refractivity contribution in [2.45, 2.75) is 33.1 Å². The zero-order valence-electron chi connectivity index (χ0n) is 12.8. The number of rotatable bonds is 2. The van der Waals surface area contributed by atoms with Gasteiger partial charge in [-0.3, -0.25) is 4.79 Å². The fourth-order valence-electron chi connectivity index (χ4n) is 2.34. The van der Waals surface area contributed by atoms with Crippen LogP contribution in [0.5, 0.6) is 0 Å². The van der Waals surface area contributed by atoms with E-state index in [0.717, 1.165) is 26.9 Å². The predicted molar refractivity (Wildman–Crippen MR) is 92.0 cm³/mol. The van der Waals surface area contributed by atoms with Crippen molar-refractivity contribution in [2.24, 2.45) is 0 Å². The molecule has 1 N–H and O–H groups in total. The van der Waals surface area contributed by atoms with Crippen molar-refractivity contribution < 1.29 is 4.79 Å². The molecule has 2 aromatic rings. The second kappa shape index (κ2) is 6.02. The van der Waals surface area contributed by atoms with Crippen molar-refractivity contribution in [1.82, 2.24) is 0 Å². The van der Waals surface area contributed by atoms with E-state index in [-0.39, 0.29) is 11.3 Å². The maximum atomic E-state index is 12.6. The molecule has 0 aliphatic carbocycles. The Balaban J connectivity index is 2.33. The van der Waals surface area contributed by atoms with E-state index in [1.54, 1.807) is 0 Å². The highest BCUT2D eigenvalue weighted by Gasteiger charge is 2.21. The van der Waals surface area contributed by atoms with Crippen molar-refractivity contribution in [3.63, 3.8) is 0 Å². The van der Waals surface area contributed by atoms with Crippen molar-refractivity contribution in [3.05, 3.63) is 63.6 Å². The lowest BCUT2D eigenvalue weighted by molar-refractivity contribution is 0.102. The van der Waals surface area contributed by atoms with Crippen LogP contribution in [0.4, 0.5) is 5.69 Å². The van der Waals surface area contributed by atoms with E-state index in [0.29, 0.717) is 0 Å². The molecule has 0 aliphatic heterocycles. The molecule has 2 rings (SSSR count). The van der Waals surface area contributed by atoms with Gasteiger partial charge in [0.05, 0.1) is 0 Å². The van der Waals surface area contributed by atoms with Crippen LogP contribution in [-0.2, 0) is 5.41 Å². The van der Waals surface area contributed by atoms with Gasteiger partial charge in [0.2, 0.25) is 0 Å². The lowest BCUT2D eigenvalue weighted by Gasteiger charge is -2.22. The van der Waals surface area contributed by atoms with Crippen LogP contribution in [0.3, 0.4) is 0 Å². The number of amides is 1. The Hall–Kier alpha value is -1.61. The molecule has 0 fully saturated rings. The zero-order chi connectivity index (χ0) is 15.6. The van der Waals surface area contributed by atoms with E-state index < -0.39 is 0 Å². The summed E-state index contributed by atoms with van der Waals surface area (Å²) in [6.07, 6.45) is 0. The molecule has 0 aromatic heterocycles. The molecule has 3 heteroatoms. The van der Waals surface area contributed by atoms with Crippen molar-refractivity contribution in [2.75, 3.05) is 5.32 Å². The molecule has 0 atom stereocenters. The third-order valence-electron chi connectivity index (χ3n) is 3.28. The van der Waals surface area contributed by atoms with E-state index in [4.69, 9.17) is 0 Å². The predicted octanol–water partition coefficient (Wildman–Crippen LogP) is 5.31. The summed E-state index contributed by atoms with van der Waals surface area (Å²) < 4.78 is 0.960. The van der Waals surface area contributed by atoms with E-state index in [1.807, 2.05) is 49.4 Å². The molecule has 0 saturated carbocycles. The van der Waals surface area contributed by atoms with Crippen LogP contribution >= 0.6 is 15.9 Å². The fraction of sp³-hybridized carbons (Fsp3) is 0.278. The molecule has 110 valence electrons. The minimum atomic E-state index is -0.0713. The summed E-state index contributed by atoms with van der Waals surface area (Å²) >= 11 is 3.45. The molecule has 2 nitrogen and oxygen atoms in total. The number of aryl methyl sites for hydroxylation is 1. The smallest absolute Gasteiger partial charge is 0.255 e. The summed E-state index contributed by atoms with van der Waals surface area (Å²) in [4.78, 5) is 12.6. The Morgan fingerprint density at radius 1 is 1.10 bits per heavy atom. The molecule has 0 bridgehead atoms. The van der Waals surface area contributed by atoms with Gasteiger partial charge in [-0.1, -0.05) is 54.9 Å². The van der Waals surface area contributed by atoms with E-state index >= 15 is 0 Å². The van der Waals surface area contributed by atoms with Crippen molar-refractivity contribution >= 4 is 27.5 Å². The number of nitrogens with one attached hydrogen (secondary N) is 1. The fourth-order valence-corrected chi connectivity index (χ4v) is 2.95. The Kier molecular flexibility index (Phi) is 4.52. The molecular formula is C18H20BrNO. The molecule has 0 spiro atoms. The summed E-state index contributed by atoms with van der Waals surface area (Å²) in [5.74, 6) is -0.0713. The van der Waals surface area contributed by atoms with Gasteiger partial charge in [0, 0.05) is 15.7 Å². The topological polar surface area (TPSA) is 29.1 Å². The van der Waals surface area contributed by atoms with Crippen molar-refractivity contribution in [1.29, 1.82) is 0 Å². The largest absolute Gasteiger partial charge is 0.322 e. The van der Waals surface area contributed by atoms with Crippen LogP contribution in [0.25, 0.3) is 0 Å². The number of carbonyl (C=O) groups is 1. The summed E-state index contributed by atoms with van der Waals surface area (Å²) in [5.41, 5.74) is 3.61. The summed E-state index contributed by atoms with van der Waals surface area (Å²) in [6.45, 7) is 8.34. The highest BCUT2D eigenvalue weighted by molar-refractivity contribution is 9.10. The first-order valence-electron chi connectivity index (χ1n) is 6.95. The second-order valence-corrected chi connectivity index (χ2v) is 7.18. The highest BCUT2D eigenvalue weighted by atomic mass is 79.9. The SMILES string of the molecule is Cc1cc(Br)cc(NC(=O)c2ccccc2C(C)(C)C)c1. The van der Waals surface area contributed by atoms with Gasteiger partial charge < -0.3 is 5.32 Å². The van der Waals surface area contributed by atoms with Gasteiger partial charge in [-0.2, -0.15) is 0 Å². The number of hydrogen-bond acceptors (Lipinski definition) is 1. The third-order valence-corrected chi connectivity index (χ3v) is 3.74. The van der Waals surface area contributed by atoms with Crippen LogP contribution in [0, 0.1) is 6.92 Å². The maximum Gasteiger partial charge on any atom is 0.255 e. The van der Waals surface area contributed by atoms with Gasteiger partial charge in [0.25, 0.3) is 5.91 Å². The normalized spacial score (nSPS) is 11.3. The first kappa shape index (κ1) is 15.8. The van der Waals surface area contributed by atoms with Crippen LogP contribution in [-0.4, -0.2) is 5.91 Å². The molecule has 0 aliphatic rings. The molecule has 2 aromatic carbocycles. The molecule has 1 amide bonds. The van der Waals surface area contributed by atoms with Crippen LogP contribution in [0.15, 0.2) is 46.9 Å². The molecule has 21 heavy (non-hydrogen) atoms. The Morgan fingerprint density at radius 2 is 1.76 bits per heavy atom. The second-order valence-electron chi connectivity index (χ2n) is 6.27.